The first kappa shape index (κ1) is 26.8. The molecule has 0 aliphatic heterocycles. The smallest absolute Gasteiger partial charge is 0.678 e. The number of nitrogens with one attached hydrogen (secondary N) is 3. The monoisotopic (exact) mass is 435 g/mol. The first-order valence-corrected chi connectivity index (χ1v) is 9.09. The van der Waals surface area contributed by atoms with Crippen molar-refractivity contribution in [1.29, 1.82) is 0 Å². The largest absolute Gasteiger partial charge is 4.00 e. The number of hydrogen-bond acceptors (Lipinski definition) is 0. The summed E-state index contributed by atoms with van der Waals surface area (Å²) < 4.78 is 0. The molecule has 0 unspecified atom stereocenters. The molecule has 0 aliphatic rings. The molecule has 3 N–H and O–H groups in total. The van der Waals surface area contributed by atoms with Gasteiger partial charge in [0.15, 0.2) is 0 Å². The van der Waals surface area contributed by atoms with Gasteiger partial charge in [-0.25, -0.2) is 12.1 Å². The fourth-order valence-electron chi connectivity index (χ4n) is 0.774. The zero-order valence-corrected chi connectivity index (χ0v) is 17.3. The van der Waals surface area contributed by atoms with Gasteiger partial charge in [-0.3, -0.25) is 0 Å². The van der Waals surface area contributed by atoms with Crippen molar-refractivity contribution >= 4 is 14.0 Å². The van der Waals surface area contributed by atoms with Crippen LogP contribution < -0.4 is 5.19 Å². The Balaban J connectivity index is -0.0000000840. The maximum Gasteiger partial charge on any atom is 4.00 e. The molecular weight excluding hydrogens is 405 g/mol. The van der Waals surface area contributed by atoms with Crippen molar-refractivity contribution in [3.05, 3.63) is 41.5 Å². The van der Waals surface area contributed by atoms with Crippen LogP contribution in [0, 0.1) is 0 Å². The van der Waals surface area contributed by atoms with Crippen molar-refractivity contribution in [3.8, 4) is 0 Å². The average Bonchev–Trinajstić information content (AvgIpc) is 2.73. The molecule has 0 fully saturated rings. The van der Waals surface area contributed by atoms with Crippen LogP contribution in [0.4, 0.5) is 0 Å². The van der Waals surface area contributed by atoms with E-state index in [0.717, 1.165) is 0 Å². The van der Waals surface area contributed by atoms with Gasteiger partial charge in [-0.15, -0.1) is 0 Å². The quantitative estimate of drug-likeness (QED) is 0.468. The minimum Gasteiger partial charge on any atom is -0.678 e. The normalized spacial score (nSPS) is 7.61. The summed E-state index contributed by atoms with van der Waals surface area (Å²) in [6.07, 6.45) is 0. The minimum absolute atomic E-state index is 0. The first-order valence-electron chi connectivity index (χ1n) is 6.20. The maximum atomic E-state index is 6.21. The van der Waals surface area contributed by atoms with Crippen molar-refractivity contribution in [2.24, 2.45) is 0 Å². The summed E-state index contributed by atoms with van der Waals surface area (Å²) in [5.41, 5.74) is 18.6. The summed E-state index contributed by atoms with van der Waals surface area (Å²) in [6, 6.07) is 8.67. The SMILES string of the molecule is CC[NH-].CC[NH-].CC[NH-].C[SiH](C)[c-]1cccc1.[Hf+4]. The van der Waals surface area contributed by atoms with Gasteiger partial charge < -0.3 is 17.2 Å². The van der Waals surface area contributed by atoms with Gasteiger partial charge in [0, 0.05) is 8.80 Å². The number of hydrogen-bond donors (Lipinski definition) is 0. The zero-order chi connectivity index (χ0) is 14.1. The molecule has 0 saturated heterocycles. The van der Waals surface area contributed by atoms with Crippen LogP contribution in [-0.4, -0.2) is 28.4 Å². The van der Waals surface area contributed by atoms with Gasteiger partial charge >= 0.3 is 25.8 Å². The molecule has 1 aromatic rings. The Hall–Kier alpha value is 0.317. The fraction of sp³-hybridized carbons (Fsp3) is 0.615. The molecule has 0 radical (unpaired) electrons. The van der Waals surface area contributed by atoms with E-state index in [1.165, 1.54) is 0 Å². The summed E-state index contributed by atoms with van der Waals surface area (Å²) in [4.78, 5) is 0. The second kappa shape index (κ2) is 26.0. The van der Waals surface area contributed by atoms with E-state index in [2.05, 4.69) is 37.4 Å². The topological polar surface area (TPSA) is 71.4 Å². The summed E-state index contributed by atoms with van der Waals surface area (Å²) >= 11 is 0. The Morgan fingerprint density at radius 3 is 1.17 bits per heavy atom. The molecule has 0 spiro atoms. The third-order valence-electron chi connectivity index (χ3n) is 1.36. The van der Waals surface area contributed by atoms with Crippen molar-refractivity contribution in [1.82, 2.24) is 0 Å². The van der Waals surface area contributed by atoms with E-state index in [0.29, 0.717) is 19.6 Å². The van der Waals surface area contributed by atoms with Gasteiger partial charge in [-0.2, -0.15) is 37.0 Å². The van der Waals surface area contributed by atoms with Crippen LogP contribution in [0.5, 0.6) is 0 Å². The van der Waals surface area contributed by atoms with E-state index >= 15 is 0 Å². The van der Waals surface area contributed by atoms with Gasteiger partial charge in [0.1, 0.15) is 0 Å². The van der Waals surface area contributed by atoms with E-state index in [-0.39, 0.29) is 25.8 Å². The number of rotatable bonds is 1. The molecule has 0 amide bonds. The van der Waals surface area contributed by atoms with Crippen molar-refractivity contribution in [2.75, 3.05) is 19.6 Å². The van der Waals surface area contributed by atoms with Gasteiger partial charge in [-0.05, 0) is 0 Å². The molecular formula is C13H29HfN3Si. The van der Waals surface area contributed by atoms with Crippen LogP contribution in [0.1, 0.15) is 20.8 Å². The third-order valence-corrected chi connectivity index (χ3v) is 3.07. The Kier molecular flexibility index (Phi) is 38.7. The minimum atomic E-state index is -0.480. The molecule has 18 heavy (non-hydrogen) atoms. The molecule has 0 saturated carbocycles. The maximum absolute atomic E-state index is 6.21. The molecule has 0 aromatic heterocycles. The summed E-state index contributed by atoms with van der Waals surface area (Å²) in [5.74, 6) is 0. The predicted octanol–water partition coefficient (Wildman–Crippen LogP) is 4.27. The van der Waals surface area contributed by atoms with Gasteiger partial charge in [0.25, 0.3) is 0 Å². The van der Waals surface area contributed by atoms with E-state index in [1.54, 1.807) is 26.0 Å². The molecule has 0 aliphatic carbocycles. The van der Waals surface area contributed by atoms with Crippen molar-refractivity contribution < 1.29 is 25.8 Å². The van der Waals surface area contributed by atoms with Crippen LogP contribution in [0.25, 0.3) is 17.2 Å². The molecule has 0 bridgehead atoms. The molecule has 5 heteroatoms. The van der Waals surface area contributed by atoms with Crippen molar-refractivity contribution in [3.63, 3.8) is 0 Å². The van der Waals surface area contributed by atoms with Gasteiger partial charge in [-0.1, -0.05) is 33.9 Å². The Labute approximate surface area is 134 Å². The van der Waals surface area contributed by atoms with E-state index < -0.39 is 8.80 Å². The Morgan fingerprint density at radius 1 is 0.833 bits per heavy atom. The summed E-state index contributed by atoms with van der Waals surface area (Å²) in [7, 11) is -0.480. The molecule has 0 heterocycles. The fourth-order valence-corrected chi connectivity index (χ4v) is 1.77. The Bertz CT molecular complexity index is 187. The standard InChI is InChI=1S/C7H11Si.3C2H6N.Hf/c1-8(2)7-5-3-4-6-7;3*1-2-3;/h3-6,8H,1-2H3;3*3H,2H2,1H3;/q4*-1;+4. The van der Waals surface area contributed by atoms with Crippen LogP contribution in [0.2, 0.25) is 13.1 Å². The zero-order valence-electron chi connectivity index (χ0n) is 12.5. The van der Waals surface area contributed by atoms with Crippen LogP contribution in [0.15, 0.2) is 24.3 Å². The summed E-state index contributed by atoms with van der Waals surface area (Å²) in [6.45, 7) is 11.6. The molecule has 3 nitrogen and oxygen atoms in total. The predicted molar refractivity (Wildman–Crippen MR) is 85.1 cm³/mol. The molecule has 1 rings (SSSR count). The molecule has 104 valence electrons. The van der Waals surface area contributed by atoms with Crippen LogP contribution in [0.3, 0.4) is 0 Å². The van der Waals surface area contributed by atoms with Gasteiger partial charge in [0.2, 0.25) is 0 Å². The van der Waals surface area contributed by atoms with Gasteiger partial charge in [0.05, 0.1) is 0 Å². The van der Waals surface area contributed by atoms with Crippen LogP contribution >= 0.6 is 0 Å². The Morgan fingerprint density at radius 2 is 1.06 bits per heavy atom. The van der Waals surface area contributed by atoms with Crippen LogP contribution in [-0.2, 0) is 25.8 Å². The third kappa shape index (κ3) is 29.9. The first-order chi connectivity index (χ1) is 8.05. The molecule has 0 atom stereocenters. The average molecular weight is 434 g/mol. The second-order valence-electron chi connectivity index (χ2n) is 3.43. The second-order valence-corrected chi connectivity index (χ2v) is 6.41. The van der Waals surface area contributed by atoms with Crippen molar-refractivity contribution in [2.45, 2.75) is 33.9 Å². The van der Waals surface area contributed by atoms with E-state index in [1.807, 2.05) is 0 Å². The van der Waals surface area contributed by atoms with E-state index in [4.69, 9.17) is 17.2 Å². The molecule has 1 aromatic carbocycles. The summed E-state index contributed by atoms with van der Waals surface area (Å²) in [5, 5.41) is 1.57. The van der Waals surface area contributed by atoms with E-state index in [9.17, 15) is 0 Å².